The highest BCUT2D eigenvalue weighted by Gasteiger charge is 2.29. The molecule has 2 fully saturated rings. The fraction of sp³-hybridized carbons (Fsp3) is 0.414. The molecule has 2 aliphatic heterocycles. The zero-order valence-corrected chi connectivity index (χ0v) is 22.2. The first kappa shape index (κ1) is 26.2. The summed E-state index contributed by atoms with van der Waals surface area (Å²) in [4.78, 5) is 29.8. The third-order valence-electron chi connectivity index (χ3n) is 7.75. The van der Waals surface area contributed by atoms with E-state index in [2.05, 4.69) is 31.9 Å². The Hall–Kier alpha value is -3.99. The second-order valence-electron chi connectivity index (χ2n) is 10.5. The van der Waals surface area contributed by atoms with Crippen molar-refractivity contribution in [1.29, 1.82) is 0 Å². The molecule has 4 aromatic rings. The molecule has 9 nitrogen and oxygen atoms in total. The van der Waals surface area contributed by atoms with Crippen LogP contribution in [0.3, 0.4) is 0 Å². The summed E-state index contributed by atoms with van der Waals surface area (Å²) in [5.74, 6) is 0.516. The highest BCUT2D eigenvalue weighted by atomic mass is 19.1. The van der Waals surface area contributed by atoms with Gasteiger partial charge in [-0.15, -0.1) is 0 Å². The van der Waals surface area contributed by atoms with Crippen molar-refractivity contribution in [3.05, 3.63) is 65.6 Å². The normalized spacial score (nSPS) is 18.1. The number of carbonyl (C=O) groups is 1. The molecule has 0 radical (unpaired) electrons. The van der Waals surface area contributed by atoms with E-state index in [1.165, 1.54) is 35.5 Å². The number of aliphatic hydroxyl groups is 1. The average Bonchev–Trinajstić information content (AvgIpc) is 3.61. The molecule has 1 amide bonds. The fourth-order valence-corrected chi connectivity index (χ4v) is 5.64. The number of β-amino-alcohol motifs (C(OH)–C–C–N with tert-alkyl or cyclic N) is 1. The summed E-state index contributed by atoms with van der Waals surface area (Å²) in [6.45, 7) is 3.98. The van der Waals surface area contributed by atoms with Crippen LogP contribution in [0.5, 0.6) is 0 Å². The van der Waals surface area contributed by atoms with Crippen molar-refractivity contribution in [1.82, 2.24) is 25.0 Å². The molecule has 0 spiro atoms. The number of amides is 1. The molecule has 1 N–H and O–H groups in total. The standard InChI is InChI=1S/C29H30F2N6O3/c1-2-3-25-34-27(35-40-25)17-6-9-36(10-7-17)28-23-14-19(30)13-22(26(23)32-16-33-28)18-4-5-21(24(31)12-18)29(39)37-11-8-20(38)15-37/h4-5,12-14,16-17,20,38H,2-3,6-11,15H2,1H3/t20-/m0/s1. The maximum absolute atomic E-state index is 15.2. The van der Waals surface area contributed by atoms with Gasteiger partial charge in [0.25, 0.3) is 5.91 Å². The first-order chi connectivity index (χ1) is 19.4. The van der Waals surface area contributed by atoms with Crippen LogP contribution in [0, 0.1) is 11.6 Å². The smallest absolute Gasteiger partial charge is 0.256 e. The average molecular weight is 549 g/mol. The Morgan fingerprint density at radius 2 is 1.93 bits per heavy atom. The summed E-state index contributed by atoms with van der Waals surface area (Å²) in [5.41, 5.74) is 1.24. The fourth-order valence-electron chi connectivity index (χ4n) is 5.64. The molecule has 11 heteroatoms. The van der Waals surface area contributed by atoms with Gasteiger partial charge in [-0.25, -0.2) is 18.7 Å². The molecular weight excluding hydrogens is 518 g/mol. The van der Waals surface area contributed by atoms with E-state index < -0.39 is 23.6 Å². The second kappa shape index (κ2) is 10.9. The molecule has 6 rings (SSSR count). The maximum atomic E-state index is 15.2. The SMILES string of the molecule is CCCc1nc(C2CCN(c3ncnc4c(-c5ccc(C(=O)N6CC[C@H](O)C6)c(F)c5)cc(F)cc34)CC2)no1. The van der Waals surface area contributed by atoms with Crippen LogP contribution in [-0.4, -0.2) is 68.3 Å². The van der Waals surface area contributed by atoms with E-state index in [1.54, 1.807) is 6.07 Å². The van der Waals surface area contributed by atoms with Gasteiger partial charge in [0, 0.05) is 49.5 Å². The second-order valence-corrected chi connectivity index (χ2v) is 10.5. The van der Waals surface area contributed by atoms with Crippen LogP contribution in [0.2, 0.25) is 0 Å². The predicted octanol–water partition coefficient (Wildman–Crippen LogP) is 4.50. The minimum atomic E-state index is -0.707. The van der Waals surface area contributed by atoms with Gasteiger partial charge in [-0.1, -0.05) is 18.1 Å². The molecule has 2 aliphatic rings. The van der Waals surface area contributed by atoms with E-state index in [9.17, 15) is 14.3 Å². The lowest BCUT2D eigenvalue weighted by molar-refractivity contribution is 0.0760. The van der Waals surface area contributed by atoms with Gasteiger partial charge in [0.2, 0.25) is 5.89 Å². The van der Waals surface area contributed by atoms with Gasteiger partial charge in [-0.2, -0.15) is 4.98 Å². The molecule has 0 aliphatic carbocycles. The summed E-state index contributed by atoms with van der Waals surface area (Å²) in [7, 11) is 0. The highest BCUT2D eigenvalue weighted by molar-refractivity contribution is 6.00. The number of aryl methyl sites for hydroxylation is 1. The number of hydrogen-bond acceptors (Lipinski definition) is 8. The summed E-state index contributed by atoms with van der Waals surface area (Å²) in [5, 5.41) is 14.4. The van der Waals surface area contributed by atoms with Gasteiger partial charge < -0.3 is 19.4 Å². The summed E-state index contributed by atoms with van der Waals surface area (Å²) in [6, 6.07) is 6.97. The Balaban J connectivity index is 1.26. The third-order valence-corrected chi connectivity index (χ3v) is 7.75. The third kappa shape index (κ3) is 5.01. The summed E-state index contributed by atoms with van der Waals surface area (Å²) in [6.07, 6.45) is 4.62. The number of fused-ring (bicyclic) bond motifs is 1. The van der Waals surface area contributed by atoms with Gasteiger partial charge >= 0.3 is 0 Å². The largest absolute Gasteiger partial charge is 0.391 e. The monoisotopic (exact) mass is 548 g/mol. The zero-order valence-electron chi connectivity index (χ0n) is 22.2. The van der Waals surface area contributed by atoms with Gasteiger partial charge in [0.1, 0.15) is 23.8 Å². The van der Waals surface area contributed by atoms with Crippen LogP contribution in [0.25, 0.3) is 22.0 Å². The first-order valence-corrected chi connectivity index (χ1v) is 13.7. The van der Waals surface area contributed by atoms with Crippen LogP contribution in [0.15, 0.2) is 41.2 Å². The quantitative estimate of drug-likeness (QED) is 0.375. The number of likely N-dealkylation sites (tertiary alicyclic amines) is 1. The van der Waals surface area contributed by atoms with Crippen molar-refractivity contribution < 1.29 is 23.2 Å². The molecule has 208 valence electrons. The minimum absolute atomic E-state index is 0.0832. The summed E-state index contributed by atoms with van der Waals surface area (Å²) < 4.78 is 35.5. The maximum Gasteiger partial charge on any atom is 0.256 e. The molecule has 2 saturated heterocycles. The molecule has 0 bridgehead atoms. The van der Waals surface area contributed by atoms with Crippen molar-refractivity contribution in [3.63, 3.8) is 0 Å². The van der Waals surface area contributed by atoms with Crippen molar-refractivity contribution in [2.45, 2.75) is 51.0 Å². The first-order valence-electron chi connectivity index (χ1n) is 13.7. The lowest BCUT2D eigenvalue weighted by atomic mass is 9.95. The van der Waals surface area contributed by atoms with Crippen LogP contribution < -0.4 is 4.90 Å². The van der Waals surface area contributed by atoms with E-state index in [-0.39, 0.29) is 18.0 Å². The molecule has 40 heavy (non-hydrogen) atoms. The number of carbonyl (C=O) groups excluding carboxylic acids is 1. The van der Waals surface area contributed by atoms with Crippen molar-refractivity contribution in [2.24, 2.45) is 0 Å². The molecule has 0 saturated carbocycles. The number of nitrogens with zero attached hydrogens (tertiary/aromatic N) is 6. The lowest BCUT2D eigenvalue weighted by Crippen LogP contribution is -2.34. The van der Waals surface area contributed by atoms with Crippen LogP contribution >= 0.6 is 0 Å². The van der Waals surface area contributed by atoms with E-state index in [0.29, 0.717) is 59.8 Å². The minimum Gasteiger partial charge on any atom is -0.391 e. The molecule has 4 heterocycles. The van der Waals surface area contributed by atoms with E-state index >= 15 is 4.39 Å². The predicted molar refractivity (Wildman–Crippen MR) is 144 cm³/mol. The van der Waals surface area contributed by atoms with Gasteiger partial charge in [0.05, 0.1) is 17.2 Å². The number of anilines is 1. The van der Waals surface area contributed by atoms with Crippen molar-refractivity contribution in [3.8, 4) is 11.1 Å². The van der Waals surface area contributed by atoms with Gasteiger partial charge in [-0.05, 0) is 55.5 Å². The highest BCUT2D eigenvalue weighted by Crippen LogP contribution is 2.36. The summed E-state index contributed by atoms with van der Waals surface area (Å²) >= 11 is 0. The number of halogens is 2. The molecule has 2 aromatic carbocycles. The van der Waals surface area contributed by atoms with E-state index in [0.717, 1.165) is 31.5 Å². The number of benzene rings is 2. The molecule has 2 aromatic heterocycles. The number of piperidine rings is 1. The Morgan fingerprint density at radius 1 is 1.10 bits per heavy atom. The van der Waals surface area contributed by atoms with Gasteiger partial charge in [-0.3, -0.25) is 4.79 Å². The van der Waals surface area contributed by atoms with Gasteiger partial charge in [0.15, 0.2) is 5.82 Å². The van der Waals surface area contributed by atoms with Crippen molar-refractivity contribution in [2.75, 3.05) is 31.1 Å². The van der Waals surface area contributed by atoms with Crippen LogP contribution in [-0.2, 0) is 6.42 Å². The number of aliphatic hydroxyl groups excluding tert-OH is 1. The zero-order chi connectivity index (χ0) is 27.8. The van der Waals surface area contributed by atoms with Crippen molar-refractivity contribution >= 4 is 22.6 Å². The van der Waals surface area contributed by atoms with E-state index in [1.807, 2.05) is 0 Å². The number of aromatic nitrogens is 4. The van der Waals surface area contributed by atoms with Crippen LogP contribution in [0.4, 0.5) is 14.6 Å². The molecular formula is C29H30F2N6O3. The number of rotatable bonds is 6. The topological polar surface area (TPSA) is 108 Å². The lowest BCUT2D eigenvalue weighted by Gasteiger charge is -2.32. The van der Waals surface area contributed by atoms with E-state index in [4.69, 9.17) is 4.52 Å². The molecule has 0 unspecified atom stereocenters. The molecule has 1 atom stereocenters. The Kier molecular flexibility index (Phi) is 7.14. The Morgan fingerprint density at radius 3 is 2.65 bits per heavy atom. The van der Waals surface area contributed by atoms with Crippen LogP contribution in [0.1, 0.15) is 60.6 Å². The number of hydrogen-bond donors (Lipinski definition) is 1. The Bertz CT molecular complexity index is 1550. The Labute approximate surface area is 229 Å².